The molecule has 0 aliphatic carbocycles. The maximum atomic E-state index is 5.75. The minimum atomic E-state index is 0.249. The largest absolute Gasteiger partial charge is 0.370 e. The number of rotatable bonds is 4. The van der Waals surface area contributed by atoms with Crippen molar-refractivity contribution in [3.63, 3.8) is 0 Å². The lowest BCUT2D eigenvalue weighted by Crippen LogP contribution is -2.09. The number of aromatic nitrogens is 4. The van der Waals surface area contributed by atoms with E-state index in [9.17, 15) is 0 Å². The van der Waals surface area contributed by atoms with Crippen molar-refractivity contribution in [2.24, 2.45) is 0 Å². The van der Waals surface area contributed by atoms with Gasteiger partial charge in [-0.05, 0) is 32.8 Å². The minimum Gasteiger partial charge on any atom is -0.370 e. The van der Waals surface area contributed by atoms with Crippen molar-refractivity contribution >= 4 is 11.8 Å². The van der Waals surface area contributed by atoms with E-state index in [0.717, 1.165) is 30.2 Å². The predicted molar refractivity (Wildman–Crippen MR) is 76.6 cm³/mol. The van der Waals surface area contributed by atoms with Gasteiger partial charge in [-0.15, -0.1) is 0 Å². The van der Waals surface area contributed by atoms with Gasteiger partial charge in [0.15, 0.2) is 5.82 Å². The molecule has 0 bridgehead atoms. The van der Waals surface area contributed by atoms with E-state index in [1.54, 1.807) is 0 Å². The molecule has 2 aromatic heterocycles. The summed E-state index contributed by atoms with van der Waals surface area (Å²) < 4.78 is 1.83. The fourth-order valence-corrected chi connectivity index (χ4v) is 2.24. The van der Waals surface area contributed by atoms with E-state index in [-0.39, 0.29) is 5.95 Å². The molecule has 0 fully saturated rings. The van der Waals surface area contributed by atoms with Gasteiger partial charge in [0.1, 0.15) is 5.82 Å². The molecule has 0 radical (unpaired) electrons. The van der Waals surface area contributed by atoms with E-state index < -0.39 is 0 Å². The Morgan fingerprint density at radius 1 is 1.26 bits per heavy atom. The number of nitrogens with zero attached hydrogens (tertiary/aromatic N) is 4. The summed E-state index contributed by atoms with van der Waals surface area (Å²) in [6.45, 7) is 8.98. The average Bonchev–Trinajstić information content (AvgIpc) is 2.64. The monoisotopic (exact) mass is 260 g/mol. The van der Waals surface area contributed by atoms with E-state index >= 15 is 0 Å². The molecule has 3 N–H and O–H groups in total. The number of anilines is 2. The van der Waals surface area contributed by atoms with Gasteiger partial charge in [-0.25, -0.2) is 4.68 Å². The quantitative estimate of drug-likeness (QED) is 0.876. The minimum absolute atomic E-state index is 0.249. The van der Waals surface area contributed by atoms with Crippen LogP contribution < -0.4 is 11.1 Å². The van der Waals surface area contributed by atoms with Crippen LogP contribution >= 0.6 is 0 Å². The predicted octanol–water partition coefficient (Wildman–Crippen LogP) is 1.86. The Hall–Kier alpha value is -2.11. The van der Waals surface area contributed by atoms with Gasteiger partial charge < -0.3 is 11.1 Å². The Bertz CT molecular complexity index is 587. The summed E-state index contributed by atoms with van der Waals surface area (Å²) in [7, 11) is 0. The molecule has 2 rings (SSSR count). The van der Waals surface area contributed by atoms with Crippen LogP contribution in [0.15, 0.2) is 6.07 Å². The fraction of sp³-hybridized carbons (Fsp3) is 0.462. The lowest BCUT2D eigenvalue weighted by Gasteiger charge is -2.08. The lowest BCUT2D eigenvalue weighted by molar-refractivity contribution is 0.802. The molecule has 6 nitrogen and oxygen atoms in total. The fourth-order valence-electron chi connectivity index (χ4n) is 2.24. The molecule has 2 heterocycles. The van der Waals surface area contributed by atoms with Crippen molar-refractivity contribution in [3.05, 3.63) is 23.0 Å². The SMILES string of the molecule is CCNc1cc(-n2nc(C)c(CC)c2C)nc(N)n1. The molecule has 0 saturated carbocycles. The number of nitrogens with one attached hydrogen (secondary N) is 1. The molecule has 19 heavy (non-hydrogen) atoms. The van der Waals surface area contributed by atoms with Crippen LogP contribution in [-0.4, -0.2) is 26.3 Å². The molecule has 0 aliphatic rings. The molecule has 0 amide bonds. The number of nitrogens with two attached hydrogens (primary N) is 1. The molecule has 2 aromatic rings. The second-order valence-electron chi connectivity index (χ2n) is 4.41. The standard InChI is InChI=1S/C13H20N6/c1-5-10-8(3)18-19(9(10)4)12-7-11(15-6-2)16-13(14)17-12/h7H,5-6H2,1-4H3,(H3,14,15,16,17). The highest BCUT2D eigenvalue weighted by Gasteiger charge is 2.13. The zero-order chi connectivity index (χ0) is 14.0. The van der Waals surface area contributed by atoms with Gasteiger partial charge in [0.2, 0.25) is 5.95 Å². The summed E-state index contributed by atoms with van der Waals surface area (Å²) in [5.41, 5.74) is 9.13. The van der Waals surface area contributed by atoms with Crippen LogP contribution in [0, 0.1) is 13.8 Å². The molecule has 0 saturated heterocycles. The maximum Gasteiger partial charge on any atom is 0.224 e. The highest BCUT2D eigenvalue weighted by molar-refractivity contribution is 5.46. The highest BCUT2D eigenvalue weighted by Crippen LogP contribution is 2.19. The Morgan fingerprint density at radius 2 is 2.00 bits per heavy atom. The summed E-state index contributed by atoms with van der Waals surface area (Å²) in [5, 5.41) is 7.68. The molecular formula is C13H20N6. The van der Waals surface area contributed by atoms with Crippen LogP contribution in [0.1, 0.15) is 30.8 Å². The molecular weight excluding hydrogens is 240 g/mol. The second-order valence-corrected chi connectivity index (χ2v) is 4.41. The lowest BCUT2D eigenvalue weighted by atomic mass is 10.1. The van der Waals surface area contributed by atoms with Gasteiger partial charge in [0, 0.05) is 18.3 Å². The van der Waals surface area contributed by atoms with Crippen molar-refractivity contribution in [1.82, 2.24) is 19.7 Å². The third-order valence-electron chi connectivity index (χ3n) is 3.10. The number of hydrogen-bond acceptors (Lipinski definition) is 5. The van der Waals surface area contributed by atoms with Gasteiger partial charge in [-0.1, -0.05) is 6.92 Å². The summed E-state index contributed by atoms with van der Waals surface area (Å²) in [6, 6.07) is 1.86. The summed E-state index contributed by atoms with van der Waals surface area (Å²) in [6.07, 6.45) is 0.957. The molecule has 102 valence electrons. The maximum absolute atomic E-state index is 5.75. The van der Waals surface area contributed by atoms with Crippen LogP contribution in [0.4, 0.5) is 11.8 Å². The molecule has 6 heteroatoms. The van der Waals surface area contributed by atoms with Gasteiger partial charge in [-0.2, -0.15) is 15.1 Å². The third kappa shape index (κ3) is 2.52. The van der Waals surface area contributed by atoms with Crippen LogP contribution in [-0.2, 0) is 6.42 Å². The van der Waals surface area contributed by atoms with E-state index in [2.05, 4.69) is 27.3 Å². The molecule has 0 spiro atoms. The van der Waals surface area contributed by atoms with E-state index in [1.807, 2.05) is 31.5 Å². The van der Waals surface area contributed by atoms with Gasteiger partial charge in [-0.3, -0.25) is 0 Å². The van der Waals surface area contributed by atoms with Crippen molar-refractivity contribution in [2.45, 2.75) is 34.1 Å². The van der Waals surface area contributed by atoms with Gasteiger partial charge in [0.05, 0.1) is 5.69 Å². The average molecular weight is 260 g/mol. The summed E-state index contributed by atoms with van der Waals surface area (Å²) in [4.78, 5) is 8.41. The summed E-state index contributed by atoms with van der Waals surface area (Å²) in [5.74, 6) is 1.67. The Balaban J connectivity index is 2.52. The van der Waals surface area contributed by atoms with Crippen molar-refractivity contribution in [1.29, 1.82) is 0 Å². The normalized spacial score (nSPS) is 10.7. The first kappa shape index (κ1) is 13.3. The Morgan fingerprint density at radius 3 is 2.58 bits per heavy atom. The third-order valence-corrected chi connectivity index (χ3v) is 3.10. The number of hydrogen-bond donors (Lipinski definition) is 2. The smallest absolute Gasteiger partial charge is 0.224 e. The Labute approximate surface area is 113 Å². The molecule has 0 unspecified atom stereocenters. The van der Waals surface area contributed by atoms with Crippen LogP contribution in [0.2, 0.25) is 0 Å². The van der Waals surface area contributed by atoms with Crippen molar-refractivity contribution < 1.29 is 0 Å². The van der Waals surface area contributed by atoms with E-state index in [1.165, 1.54) is 5.56 Å². The van der Waals surface area contributed by atoms with Crippen LogP contribution in [0.25, 0.3) is 5.82 Å². The molecule has 0 aromatic carbocycles. The zero-order valence-corrected chi connectivity index (χ0v) is 11.9. The first-order chi connectivity index (χ1) is 9.06. The first-order valence-electron chi connectivity index (χ1n) is 6.50. The Kier molecular flexibility index (Phi) is 3.69. The van der Waals surface area contributed by atoms with E-state index in [0.29, 0.717) is 5.82 Å². The molecule has 0 atom stereocenters. The number of nitrogen functional groups attached to an aromatic ring is 1. The van der Waals surface area contributed by atoms with Crippen LogP contribution in [0.5, 0.6) is 0 Å². The summed E-state index contributed by atoms with van der Waals surface area (Å²) >= 11 is 0. The van der Waals surface area contributed by atoms with E-state index in [4.69, 9.17) is 5.73 Å². The first-order valence-corrected chi connectivity index (χ1v) is 6.50. The van der Waals surface area contributed by atoms with Crippen LogP contribution in [0.3, 0.4) is 0 Å². The van der Waals surface area contributed by atoms with Gasteiger partial charge in [0.25, 0.3) is 0 Å². The van der Waals surface area contributed by atoms with Crippen molar-refractivity contribution in [3.8, 4) is 5.82 Å². The van der Waals surface area contributed by atoms with Gasteiger partial charge >= 0.3 is 0 Å². The van der Waals surface area contributed by atoms with Crippen molar-refractivity contribution in [2.75, 3.05) is 17.6 Å². The highest BCUT2D eigenvalue weighted by atomic mass is 15.3. The second kappa shape index (κ2) is 5.26. The number of aryl methyl sites for hydroxylation is 1. The topological polar surface area (TPSA) is 81.7 Å². The molecule has 0 aliphatic heterocycles. The zero-order valence-electron chi connectivity index (χ0n) is 11.9.